The number of nitrogens with two attached hydrogens (primary N) is 2. The van der Waals surface area contributed by atoms with Crippen molar-refractivity contribution in [3.05, 3.63) is 95.7 Å². The lowest BCUT2D eigenvalue weighted by Gasteiger charge is -2.12. The van der Waals surface area contributed by atoms with Crippen molar-refractivity contribution >= 4 is 11.6 Å². The number of rotatable bonds is 5. The van der Waals surface area contributed by atoms with Crippen molar-refractivity contribution in [1.82, 2.24) is 0 Å². The molecule has 0 spiro atoms. The average Bonchev–Trinajstić information content (AvgIpc) is 2.67. The van der Waals surface area contributed by atoms with Gasteiger partial charge in [-0.1, -0.05) is 42.5 Å². The number of benzene rings is 3. The number of allylic oxidation sites excluding steroid dienone is 1. The number of primary amides is 1. The van der Waals surface area contributed by atoms with Crippen molar-refractivity contribution in [2.75, 3.05) is 0 Å². The van der Waals surface area contributed by atoms with E-state index < -0.39 is 17.5 Å². The Morgan fingerprint density at radius 2 is 1.43 bits per heavy atom. The van der Waals surface area contributed by atoms with Crippen LogP contribution in [0.4, 0.5) is 8.78 Å². The van der Waals surface area contributed by atoms with Gasteiger partial charge in [-0.25, -0.2) is 8.78 Å². The molecule has 140 valence electrons. The maximum Gasteiger partial charge on any atom is 0.264 e. The van der Waals surface area contributed by atoms with E-state index in [1.54, 1.807) is 30.3 Å². The molecule has 3 aromatic rings. The highest BCUT2D eigenvalue weighted by Crippen LogP contribution is 2.33. The predicted octanol–water partition coefficient (Wildman–Crippen LogP) is 3.99. The molecule has 0 radical (unpaired) electrons. The van der Waals surface area contributed by atoms with Crippen LogP contribution in [0.3, 0.4) is 0 Å². The molecule has 0 atom stereocenters. The highest BCUT2D eigenvalue weighted by atomic mass is 19.1. The van der Waals surface area contributed by atoms with Crippen molar-refractivity contribution in [2.24, 2.45) is 11.5 Å². The molecule has 0 fully saturated rings. The first-order valence-corrected chi connectivity index (χ1v) is 8.37. The molecule has 0 aliphatic heterocycles. The van der Waals surface area contributed by atoms with Gasteiger partial charge in [0, 0.05) is 11.6 Å². The summed E-state index contributed by atoms with van der Waals surface area (Å²) < 4.78 is 27.4. The number of halogens is 2. The first-order chi connectivity index (χ1) is 13.3. The Morgan fingerprint density at radius 1 is 0.821 bits per heavy atom. The van der Waals surface area contributed by atoms with Crippen LogP contribution in [0.2, 0.25) is 0 Å². The Hall–Kier alpha value is -3.80. The number of hydrogen-bond acceptors (Lipinski definition) is 3. The quantitative estimate of drug-likeness (QED) is 0.463. The van der Waals surface area contributed by atoms with Crippen LogP contribution in [0.25, 0.3) is 22.3 Å². The molecule has 0 saturated carbocycles. The average molecular weight is 377 g/mol. The fraction of sp³-hybridized carbons (Fsp3) is 0. The fourth-order valence-corrected chi connectivity index (χ4v) is 2.86. The molecule has 0 saturated heterocycles. The van der Waals surface area contributed by atoms with Crippen LogP contribution in [0.15, 0.2) is 78.5 Å². The maximum atomic E-state index is 13.7. The van der Waals surface area contributed by atoms with E-state index in [0.29, 0.717) is 16.7 Å². The lowest BCUT2D eigenvalue weighted by Crippen LogP contribution is -2.21. The van der Waals surface area contributed by atoms with Crippen LogP contribution in [-0.4, -0.2) is 11.6 Å². The molecular weight excluding hydrogens is 360 g/mol. The first-order valence-electron chi connectivity index (χ1n) is 8.37. The summed E-state index contributed by atoms with van der Waals surface area (Å²) in [6.45, 7) is 0. The van der Waals surface area contributed by atoms with Crippen molar-refractivity contribution < 1.29 is 13.6 Å². The molecule has 28 heavy (non-hydrogen) atoms. The summed E-state index contributed by atoms with van der Waals surface area (Å²) in [5.74, 6) is -2.13. The van der Waals surface area contributed by atoms with E-state index in [9.17, 15) is 13.6 Å². The number of nitrogens with one attached hydrogen (secondary N) is 1. The van der Waals surface area contributed by atoms with Gasteiger partial charge in [0.05, 0.1) is 11.4 Å². The summed E-state index contributed by atoms with van der Waals surface area (Å²) in [7, 11) is 0. The third-order valence-corrected chi connectivity index (χ3v) is 4.17. The van der Waals surface area contributed by atoms with E-state index in [2.05, 4.69) is 0 Å². The smallest absolute Gasteiger partial charge is 0.264 e. The zero-order chi connectivity index (χ0) is 20.3. The minimum atomic E-state index is -0.806. The van der Waals surface area contributed by atoms with Crippen LogP contribution in [0.1, 0.15) is 5.56 Å². The van der Waals surface area contributed by atoms with Gasteiger partial charge < -0.3 is 16.9 Å². The molecule has 0 heterocycles. The van der Waals surface area contributed by atoms with Gasteiger partial charge in [0.2, 0.25) is 0 Å². The van der Waals surface area contributed by atoms with Gasteiger partial charge >= 0.3 is 0 Å². The second-order valence-corrected chi connectivity index (χ2v) is 6.16. The second kappa shape index (κ2) is 7.84. The molecule has 1 amide bonds. The summed E-state index contributed by atoms with van der Waals surface area (Å²) in [5.41, 5.74) is 13.5. The van der Waals surface area contributed by atoms with Gasteiger partial charge in [-0.3, -0.25) is 4.79 Å². The second-order valence-electron chi connectivity index (χ2n) is 6.16. The van der Waals surface area contributed by atoms with Gasteiger partial charge in [-0.05, 0) is 46.5 Å². The van der Waals surface area contributed by atoms with Gasteiger partial charge in [-0.15, -0.1) is 0 Å². The van der Waals surface area contributed by atoms with E-state index >= 15 is 0 Å². The molecule has 0 aliphatic rings. The minimum absolute atomic E-state index is 0.0208. The normalized spacial score (nSPS) is 11.3. The number of amides is 1. The third-order valence-electron chi connectivity index (χ3n) is 4.17. The zero-order valence-corrected chi connectivity index (χ0v) is 14.7. The van der Waals surface area contributed by atoms with Gasteiger partial charge in [0.25, 0.3) is 5.91 Å². The van der Waals surface area contributed by atoms with E-state index in [4.69, 9.17) is 16.9 Å². The summed E-state index contributed by atoms with van der Waals surface area (Å²) in [4.78, 5) is 11.1. The Balaban J connectivity index is 2.08. The van der Waals surface area contributed by atoms with E-state index in [-0.39, 0.29) is 11.4 Å². The van der Waals surface area contributed by atoms with E-state index in [1.165, 1.54) is 18.2 Å². The van der Waals surface area contributed by atoms with Crippen molar-refractivity contribution in [1.29, 1.82) is 5.41 Å². The molecule has 4 nitrogen and oxygen atoms in total. The molecular formula is C22H17F2N3O. The molecule has 0 unspecified atom stereocenters. The highest BCUT2D eigenvalue weighted by Gasteiger charge is 2.11. The van der Waals surface area contributed by atoms with E-state index in [0.717, 1.165) is 17.2 Å². The summed E-state index contributed by atoms with van der Waals surface area (Å²) in [6, 6.07) is 17.6. The first kappa shape index (κ1) is 19.0. The zero-order valence-electron chi connectivity index (χ0n) is 14.7. The third kappa shape index (κ3) is 4.12. The molecule has 0 aromatic heterocycles. The Morgan fingerprint density at radius 3 is 2.04 bits per heavy atom. The lowest BCUT2D eigenvalue weighted by molar-refractivity contribution is -0.114. The summed E-state index contributed by atoms with van der Waals surface area (Å²) in [5, 5.41) is 8.12. The standard InChI is InChI=1S/C22H17F2N3O/c23-16-9-15(10-17(24)11-16)19-7-2-1-6-18(19)13-4-3-5-14(8-13)20(25)12-21(26)22(27)28/h1-12,25H,26H2,(H2,27,28)/b21-12-,25-20?. The molecule has 6 heteroatoms. The largest absolute Gasteiger partial charge is 0.394 e. The summed E-state index contributed by atoms with van der Waals surface area (Å²) >= 11 is 0. The van der Waals surface area contributed by atoms with E-state index in [1.807, 2.05) is 18.2 Å². The van der Waals surface area contributed by atoms with Crippen LogP contribution < -0.4 is 11.5 Å². The maximum absolute atomic E-state index is 13.7. The number of hydrogen-bond donors (Lipinski definition) is 3. The SMILES string of the molecule is N=C(/C=C(\N)C(N)=O)c1cccc(-c2ccccc2-c2cc(F)cc(F)c2)c1. The van der Waals surface area contributed by atoms with Gasteiger partial charge in [-0.2, -0.15) is 0 Å². The number of carbonyl (C=O) groups excluding carboxylic acids is 1. The monoisotopic (exact) mass is 377 g/mol. The van der Waals surface area contributed by atoms with Gasteiger partial charge in [0.1, 0.15) is 11.6 Å². The Bertz CT molecular complexity index is 1090. The van der Waals surface area contributed by atoms with Crippen LogP contribution in [0.5, 0.6) is 0 Å². The minimum Gasteiger partial charge on any atom is -0.394 e. The molecule has 5 N–H and O–H groups in total. The van der Waals surface area contributed by atoms with Crippen LogP contribution in [-0.2, 0) is 4.79 Å². The van der Waals surface area contributed by atoms with Crippen molar-refractivity contribution in [3.8, 4) is 22.3 Å². The summed E-state index contributed by atoms with van der Waals surface area (Å²) in [6.07, 6.45) is 1.19. The van der Waals surface area contributed by atoms with Crippen LogP contribution >= 0.6 is 0 Å². The Labute approximate surface area is 160 Å². The number of carbonyl (C=O) groups is 1. The fourth-order valence-electron chi connectivity index (χ4n) is 2.86. The van der Waals surface area contributed by atoms with Gasteiger partial charge in [0.15, 0.2) is 0 Å². The molecule has 0 aliphatic carbocycles. The Kier molecular flexibility index (Phi) is 5.31. The topological polar surface area (TPSA) is 93.0 Å². The van der Waals surface area contributed by atoms with Crippen LogP contribution in [0, 0.1) is 17.0 Å². The van der Waals surface area contributed by atoms with Crippen molar-refractivity contribution in [3.63, 3.8) is 0 Å². The molecule has 0 bridgehead atoms. The van der Waals surface area contributed by atoms with Crippen molar-refractivity contribution in [2.45, 2.75) is 0 Å². The highest BCUT2D eigenvalue weighted by molar-refractivity contribution is 6.11. The molecule has 3 rings (SSSR count). The predicted molar refractivity (Wildman–Crippen MR) is 106 cm³/mol. The molecule has 3 aromatic carbocycles. The lowest BCUT2D eigenvalue weighted by atomic mass is 9.93.